The van der Waals surface area contributed by atoms with Crippen molar-refractivity contribution in [3.63, 3.8) is 0 Å². The molecule has 1 heterocycles. The zero-order valence-corrected chi connectivity index (χ0v) is 13.7. The maximum absolute atomic E-state index is 12.4. The van der Waals surface area contributed by atoms with Crippen molar-refractivity contribution in [1.82, 2.24) is 9.55 Å². The molecule has 1 N–H and O–H groups in total. The van der Waals surface area contributed by atoms with E-state index in [1.807, 2.05) is 0 Å². The molecule has 0 saturated carbocycles. The van der Waals surface area contributed by atoms with Crippen LogP contribution in [-0.4, -0.2) is 31.0 Å². The van der Waals surface area contributed by atoms with Gasteiger partial charge in [-0.05, 0) is 24.6 Å². The second-order valence-electron chi connectivity index (χ2n) is 4.58. The Balaban J connectivity index is 2.41. The van der Waals surface area contributed by atoms with Crippen LogP contribution in [0.25, 0.3) is 0 Å². The summed E-state index contributed by atoms with van der Waals surface area (Å²) in [5.74, 6) is -0.559. The average molecular weight is 344 g/mol. The predicted molar refractivity (Wildman–Crippen MR) is 81.5 cm³/mol. The highest BCUT2D eigenvalue weighted by atomic mass is 35.5. The van der Waals surface area contributed by atoms with Crippen molar-refractivity contribution in [3.05, 3.63) is 40.8 Å². The van der Waals surface area contributed by atoms with E-state index < -0.39 is 16.0 Å². The number of carbonyl (C=O) groups excluding carboxylic acids is 1. The Kier molecular flexibility index (Phi) is 4.43. The number of anilines is 1. The van der Waals surface area contributed by atoms with Gasteiger partial charge in [-0.2, -0.15) is 8.42 Å². The molecule has 0 aliphatic heterocycles. The number of halogens is 1. The predicted octanol–water partition coefficient (Wildman–Crippen LogP) is 1.97. The maximum atomic E-state index is 12.4. The van der Waals surface area contributed by atoms with Gasteiger partial charge in [0, 0.05) is 7.05 Å². The molecule has 22 heavy (non-hydrogen) atoms. The number of ether oxygens (including phenoxy) is 1. The minimum atomic E-state index is -3.96. The summed E-state index contributed by atoms with van der Waals surface area (Å²) in [7, 11) is -1.13. The Labute approximate surface area is 132 Å². The highest BCUT2D eigenvalue weighted by Crippen LogP contribution is 2.24. The van der Waals surface area contributed by atoms with Crippen molar-refractivity contribution in [1.29, 1.82) is 0 Å². The van der Waals surface area contributed by atoms with Crippen LogP contribution < -0.4 is 4.72 Å². The summed E-state index contributed by atoms with van der Waals surface area (Å²) in [6, 6.07) is 4.56. The molecule has 0 spiro atoms. The van der Waals surface area contributed by atoms with Crippen molar-refractivity contribution < 1.29 is 17.9 Å². The molecule has 0 aliphatic rings. The Bertz CT molecular complexity index is 830. The van der Waals surface area contributed by atoms with Crippen LogP contribution in [0.15, 0.2) is 29.6 Å². The number of rotatable bonds is 4. The summed E-state index contributed by atoms with van der Waals surface area (Å²) >= 11 is 5.91. The van der Waals surface area contributed by atoms with Crippen molar-refractivity contribution in [2.24, 2.45) is 7.05 Å². The molecule has 118 valence electrons. The van der Waals surface area contributed by atoms with Crippen LogP contribution in [0.1, 0.15) is 15.9 Å². The third-order valence-corrected chi connectivity index (χ3v) is 4.85. The molecule has 1 aromatic heterocycles. The van der Waals surface area contributed by atoms with Crippen molar-refractivity contribution in [2.75, 3.05) is 11.8 Å². The van der Waals surface area contributed by atoms with Gasteiger partial charge < -0.3 is 9.30 Å². The molecular formula is C13H14ClN3O4S. The van der Waals surface area contributed by atoms with E-state index in [9.17, 15) is 13.2 Å². The summed E-state index contributed by atoms with van der Waals surface area (Å²) in [5.41, 5.74) is 1.13. The highest BCUT2D eigenvalue weighted by molar-refractivity contribution is 7.92. The zero-order chi connectivity index (χ0) is 16.5. The van der Waals surface area contributed by atoms with E-state index in [4.69, 9.17) is 11.6 Å². The number of carbonyl (C=O) groups is 1. The summed E-state index contributed by atoms with van der Waals surface area (Å²) in [4.78, 5) is 15.3. The number of nitrogens with zero attached hydrogens (tertiary/aromatic N) is 2. The van der Waals surface area contributed by atoms with Crippen LogP contribution in [0.2, 0.25) is 5.15 Å². The number of hydrogen-bond acceptors (Lipinski definition) is 5. The summed E-state index contributed by atoms with van der Waals surface area (Å²) < 4.78 is 33.1. The number of aromatic nitrogens is 2. The van der Waals surface area contributed by atoms with E-state index in [1.165, 1.54) is 24.1 Å². The lowest BCUT2D eigenvalue weighted by Crippen LogP contribution is -2.15. The summed E-state index contributed by atoms with van der Waals surface area (Å²) in [6.07, 6.45) is 1.30. The van der Waals surface area contributed by atoms with Gasteiger partial charge in [0.15, 0.2) is 0 Å². The number of esters is 1. The minimum Gasteiger partial charge on any atom is -0.465 e. The number of methoxy groups -OCH3 is 1. The Morgan fingerprint density at radius 3 is 2.64 bits per heavy atom. The molecule has 2 rings (SSSR count). The second kappa shape index (κ2) is 5.98. The van der Waals surface area contributed by atoms with Crippen LogP contribution in [0.4, 0.5) is 5.69 Å². The summed E-state index contributed by atoms with van der Waals surface area (Å²) in [5, 5.41) is -0.284. The molecule has 0 unspecified atom stereocenters. The third-order valence-electron chi connectivity index (χ3n) is 2.99. The number of imidazole rings is 1. The average Bonchev–Trinajstić information content (AvgIpc) is 2.81. The molecule has 2 aromatic rings. The van der Waals surface area contributed by atoms with E-state index in [0.29, 0.717) is 5.56 Å². The van der Waals surface area contributed by atoms with Gasteiger partial charge in [-0.25, -0.2) is 9.78 Å². The van der Waals surface area contributed by atoms with Crippen LogP contribution in [-0.2, 0) is 21.8 Å². The minimum absolute atomic E-state index is 0.00530. The van der Waals surface area contributed by atoms with Gasteiger partial charge in [0.1, 0.15) is 5.15 Å². The zero-order valence-electron chi connectivity index (χ0n) is 12.1. The first-order chi connectivity index (χ1) is 10.3. The van der Waals surface area contributed by atoms with Gasteiger partial charge in [-0.1, -0.05) is 17.7 Å². The fourth-order valence-electron chi connectivity index (χ4n) is 1.74. The maximum Gasteiger partial charge on any atom is 0.337 e. The van der Waals surface area contributed by atoms with E-state index in [0.717, 1.165) is 0 Å². The molecule has 7 nitrogen and oxygen atoms in total. The van der Waals surface area contributed by atoms with Gasteiger partial charge in [-0.15, -0.1) is 0 Å². The molecule has 0 bridgehead atoms. The van der Waals surface area contributed by atoms with Crippen molar-refractivity contribution in [2.45, 2.75) is 11.9 Å². The molecule has 0 saturated heterocycles. The molecule has 9 heteroatoms. The molecule has 0 radical (unpaired) electrons. The van der Waals surface area contributed by atoms with E-state index in [1.54, 1.807) is 26.1 Å². The third kappa shape index (κ3) is 3.07. The number of hydrogen-bond donors (Lipinski definition) is 1. The Morgan fingerprint density at radius 2 is 2.09 bits per heavy atom. The Morgan fingerprint density at radius 1 is 1.41 bits per heavy atom. The van der Waals surface area contributed by atoms with Gasteiger partial charge in [0.25, 0.3) is 10.0 Å². The smallest absolute Gasteiger partial charge is 0.337 e. The second-order valence-corrected chi connectivity index (χ2v) is 6.53. The van der Waals surface area contributed by atoms with Crippen LogP contribution in [0.3, 0.4) is 0 Å². The van der Waals surface area contributed by atoms with E-state index in [2.05, 4.69) is 14.4 Å². The molecule has 0 aliphatic carbocycles. The Hall–Kier alpha value is -2.06. The normalized spacial score (nSPS) is 11.3. The fourth-order valence-corrected chi connectivity index (χ4v) is 3.30. The SMILES string of the molecule is COC(=O)c1ccc(C)c(NS(=O)(=O)c2ncn(C)c2Cl)c1. The lowest BCUT2D eigenvalue weighted by atomic mass is 10.1. The van der Waals surface area contributed by atoms with Crippen LogP contribution in [0, 0.1) is 6.92 Å². The molecule has 0 atom stereocenters. The fraction of sp³-hybridized carbons (Fsp3) is 0.231. The first kappa shape index (κ1) is 16.3. The first-order valence-corrected chi connectivity index (χ1v) is 8.01. The van der Waals surface area contributed by atoms with E-state index >= 15 is 0 Å². The molecule has 0 fully saturated rings. The van der Waals surface area contributed by atoms with E-state index in [-0.39, 0.29) is 21.4 Å². The lowest BCUT2D eigenvalue weighted by Gasteiger charge is -2.10. The van der Waals surface area contributed by atoms with Gasteiger partial charge in [0.05, 0.1) is 24.7 Å². The number of aryl methyl sites for hydroxylation is 2. The number of sulfonamides is 1. The molecular weight excluding hydrogens is 330 g/mol. The van der Waals surface area contributed by atoms with Crippen molar-refractivity contribution in [3.8, 4) is 0 Å². The topological polar surface area (TPSA) is 90.3 Å². The highest BCUT2D eigenvalue weighted by Gasteiger charge is 2.23. The number of benzene rings is 1. The first-order valence-electron chi connectivity index (χ1n) is 6.15. The quantitative estimate of drug-likeness (QED) is 0.857. The van der Waals surface area contributed by atoms with Gasteiger partial charge in [0.2, 0.25) is 5.03 Å². The van der Waals surface area contributed by atoms with Crippen molar-refractivity contribution >= 4 is 33.3 Å². The molecule has 0 amide bonds. The van der Waals surface area contributed by atoms with Gasteiger partial charge >= 0.3 is 5.97 Å². The van der Waals surface area contributed by atoms with Crippen LogP contribution >= 0.6 is 11.6 Å². The van der Waals surface area contributed by atoms with Crippen LogP contribution in [0.5, 0.6) is 0 Å². The monoisotopic (exact) mass is 343 g/mol. The molecule has 1 aromatic carbocycles. The standard InChI is InChI=1S/C13H14ClN3O4S/c1-8-4-5-9(13(18)21-3)6-10(8)16-22(19,20)12-11(14)17(2)7-15-12/h4-7,16H,1-3H3. The number of nitrogens with one attached hydrogen (secondary N) is 1. The van der Waals surface area contributed by atoms with Gasteiger partial charge in [-0.3, -0.25) is 4.72 Å². The lowest BCUT2D eigenvalue weighted by molar-refractivity contribution is 0.0601. The summed E-state index contributed by atoms with van der Waals surface area (Å²) in [6.45, 7) is 1.71. The largest absolute Gasteiger partial charge is 0.465 e.